The van der Waals surface area contributed by atoms with Crippen LogP contribution in [-0.4, -0.2) is 61.5 Å². The summed E-state index contributed by atoms with van der Waals surface area (Å²) in [6.45, 7) is 10.9. The first kappa shape index (κ1) is 22.0. The summed E-state index contributed by atoms with van der Waals surface area (Å²) >= 11 is 0. The summed E-state index contributed by atoms with van der Waals surface area (Å²) in [5.41, 5.74) is 0. The number of halogens is 1. The lowest BCUT2D eigenvalue weighted by Crippen LogP contribution is -2.41. The van der Waals surface area contributed by atoms with E-state index >= 15 is 0 Å². The second kappa shape index (κ2) is 11.5. The zero-order valence-corrected chi connectivity index (χ0v) is 17.9. The number of nitrogens with zero attached hydrogens (tertiary/aromatic N) is 2. The van der Waals surface area contributed by atoms with E-state index in [1.54, 1.807) is 0 Å². The quantitative estimate of drug-likeness (QED) is 0.354. The molecule has 1 heterocycles. The Labute approximate surface area is 164 Å². The maximum atomic E-state index is 10.0. The van der Waals surface area contributed by atoms with Gasteiger partial charge in [-0.1, -0.05) is 26.7 Å². The minimum Gasteiger partial charge on any atom is -0.389 e. The molecule has 3 unspecified atom stereocenters. The lowest BCUT2D eigenvalue weighted by Gasteiger charge is -2.22. The Bertz CT molecular complexity index is 365. The Hall–Kier alpha value is -0.0800. The van der Waals surface area contributed by atoms with E-state index in [0.29, 0.717) is 25.7 Å². The van der Waals surface area contributed by atoms with Crippen LogP contribution in [0.2, 0.25) is 0 Å². The number of ether oxygens (including phenoxy) is 1. The number of hydrogen-bond donors (Lipinski definition) is 2. The smallest absolute Gasteiger partial charge is 0.194 e. The Morgan fingerprint density at radius 2 is 1.83 bits per heavy atom. The molecule has 1 saturated carbocycles. The summed E-state index contributed by atoms with van der Waals surface area (Å²) in [5.74, 6) is 3.14. The van der Waals surface area contributed by atoms with Gasteiger partial charge in [0.05, 0.1) is 19.3 Å². The third-order valence-electron chi connectivity index (χ3n) is 4.82. The van der Waals surface area contributed by atoms with Gasteiger partial charge >= 0.3 is 0 Å². The highest BCUT2D eigenvalue weighted by atomic mass is 127. The number of nitrogens with one attached hydrogen (secondary N) is 1. The van der Waals surface area contributed by atoms with Crippen LogP contribution in [0.15, 0.2) is 4.99 Å². The predicted molar refractivity (Wildman–Crippen MR) is 110 cm³/mol. The summed E-state index contributed by atoms with van der Waals surface area (Å²) in [6.07, 6.45) is 4.98. The van der Waals surface area contributed by atoms with Crippen molar-refractivity contribution in [2.45, 2.75) is 52.6 Å². The molecule has 1 saturated heterocycles. The van der Waals surface area contributed by atoms with Gasteiger partial charge in [0.25, 0.3) is 0 Å². The number of rotatable bonds is 7. The van der Waals surface area contributed by atoms with E-state index in [0.717, 1.165) is 37.4 Å². The maximum Gasteiger partial charge on any atom is 0.194 e. The van der Waals surface area contributed by atoms with Gasteiger partial charge in [-0.25, -0.2) is 0 Å². The molecular formula is C18H36IN3O2. The molecule has 2 rings (SSSR count). The Morgan fingerprint density at radius 1 is 1.21 bits per heavy atom. The van der Waals surface area contributed by atoms with Crippen molar-refractivity contribution in [1.29, 1.82) is 0 Å². The van der Waals surface area contributed by atoms with Crippen molar-refractivity contribution in [3.05, 3.63) is 0 Å². The number of aliphatic imine (C=N–C) groups is 1. The number of guanidine groups is 1. The molecule has 142 valence electrons. The van der Waals surface area contributed by atoms with Gasteiger partial charge in [-0.3, -0.25) is 4.99 Å². The normalized spacial score (nSPS) is 25.4. The van der Waals surface area contributed by atoms with Gasteiger partial charge in [0, 0.05) is 26.2 Å². The fraction of sp³-hybridized carbons (Fsp3) is 0.944. The molecule has 1 aliphatic carbocycles. The molecule has 3 atom stereocenters. The highest BCUT2D eigenvalue weighted by molar-refractivity contribution is 14.0. The Balaban J connectivity index is 0.00000288. The van der Waals surface area contributed by atoms with Crippen molar-refractivity contribution >= 4 is 29.9 Å². The van der Waals surface area contributed by atoms with E-state index in [1.807, 2.05) is 0 Å². The molecule has 2 fully saturated rings. The van der Waals surface area contributed by atoms with Gasteiger partial charge in [0.15, 0.2) is 5.96 Å². The highest BCUT2D eigenvalue weighted by Crippen LogP contribution is 2.35. The minimum atomic E-state index is -0.521. The zero-order valence-electron chi connectivity index (χ0n) is 15.5. The molecule has 1 aliphatic heterocycles. The Morgan fingerprint density at radius 3 is 2.38 bits per heavy atom. The van der Waals surface area contributed by atoms with Gasteiger partial charge in [0.1, 0.15) is 0 Å². The van der Waals surface area contributed by atoms with E-state index in [9.17, 15) is 5.11 Å². The molecule has 2 aliphatic rings. The van der Waals surface area contributed by atoms with Gasteiger partial charge in [-0.15, -0.1) is 24.0 Å². The summed E-state index contributed by atoms with van der Waals surface area (Å²) < 4.78 is 5.50. The van der Waals surface area contributed by atoms with Crippen LogP contribution in [0.5, 0.6) is 0 Å². The summed E-state index contributed by atoms with van der Waals surface area (Å²) in [7, 11) is 0. The van der Waals surface area contributed by atoms with Crippen molar-refractivity contribution in [2.24, 2.45) is 22.7 Å². The molecule has 0 amide bonds. The van der Waals surface area contributed by atoms with E-state index < -0.39 is 6.10 Å². The molecule has 0 aromatic rings. The average molecular weight is 453 g/mol. The first-order valence-electron chi connectivity index (χ1n) is 9.39. The molecule has 5 nitrogen and oxygen atoms in total. The molecule has 0 bridgehead atoms. The second-order valence-electron chi connectivity index (χ2n) is 7.49. The van der Waals surface area contributed by atoms with Gasteiger partial charge in [-0.2, -0.15) is 0 Å². The van der Waals surface area contributed by atoms with Crippen LogP contribution in [0, 0.1) is 17.8 Å². The number of likely N-dealkylation sites (tertiary alicyclic amines) is 1. The molecule has 0 radical (unpaired) electrons. The third-order valence-corrected chi connectivity index (χ3v) is 4.82. The highest BCUT2D eigenvalue weighted by Gasteiger charge is 2.35. The monoisotopic (exact) mass is 453 g/mol. The minimum absolute atomic E-state index is 0. The van der Waals surface area contributed by atoms with Gasteiger partial charge in [-0.05, 0) is 37.5 Å². The van der Waals surface area contributed by atoms with E-state index in [2.05, 4.69) is 36.0 Å². The fourth-order valence-electron chi connectivity index (χ4n) is 3.69. The van der Waals surface area contributed by atoms with Gasteiger partial charge in [0.2, 0.25) is 0 Å². The number of aliphatic hydroxyl groups is 1. The lowest BCUT2D eigenvalue weighted by atomic mass is 9.82. The largest absolute Gasteiger partial charge is 0.389 e. The average Bonchev–Trinajstić information content (AvgIpc) is 2.94. The van der Waals surface area contributed by atoms with Crippen LogP contribution in [0.4, 0.5) is 0 Å². The molecule has 6 heteroatoms. The van der Waals surface area contributed by atoms with Crippen molar-refractivity contribution < 1.29 is 9.84 Å². The van der Waals surface area contributed by atoms with Crippen LogP contribution in [-0.2, 0) is 4.74 Å². The number of fused-ring (bicyclic) bond motifs is 1. The predicted octanol–water partition coefficient (Wildman–Crippen LogP) is 2.73. The number of hydrogen-bond acceptors (Lipinski definition) is 3. The van der Waals surface area contributed by atoms with Crippen molar-refractivity contribution in [3.63, 3.8) is 0 Å². The SMILES string of the molecule is CCNC(=NCC(O)COCC(C)C)N1CC2CCCCC2C1.I. The standard InChI is InChI=1S/C18H35N3O2.HI/c1-4-19-18(20-9-17(22)13-23-12-14(2)3)21-10-15-7-5-6-8-16(15)11-21;/h14-17,22H,4-13H2,1-3H3,(H,19,20);1H. The molecule has 0 spiro atoms. The van der Waals surface area contributed by atoms with Crippen LogP contribution >= 0.6 is 24.0 Å². The van der Waals surface area contributed by atoms with Crippen molar-refractivity contribution in [3.8, 4) is 0 Å². The summed E-state index contributed by atoms with van der Waals surface area (Å²) in [5, 5.41) is 13.4. The van der Waals surface area contributed by atoms with E-state index in [4.69, 9.17) is 4.74 Å². The lowest BCUT2D eigenvalue weighted by molar-refractivity contribution is 0.0300. The third kappa shape index (κ3) is 7.04. The second-order valence-corrected chi connectivity index (χ2v) is 7.49. The van der Waals surface area contributed by atoms with Crippen molar-refractivity contribution in [2.75, 3.05) is 39.4 Å². The van der Waals surface area contributed by atoms with Crippen LogP contribution in [0.3, 0.4) is 0 Å². The molecule has 0 aromatic carbocycles. The first-order valence-corrected chi connectivity index (χ1v) is 9.39. The molecular weight excluding hydrogens is 417 g/mol. The first-order chi connectivity index (χ1) is 11.1. The maximum absolute atomic E-state index is 10.0. The summed E-state index contributed by atoms with van der Waals surface area (Å²) in [4.78, 5) is 7.05. The summed E-state index contributed by atoms with van der Waals surface area (Å²) in [6, 6.07) is 0. The molecule has 24 heavy (non-hydrogen) atoms. The van der Waals surface area contributed by atoms with E-state index in [-0.39, 0.29) is 24.0 Å². The zero-order chi connectivity index (χ0) is 16.7. The fourth-order valence-corrected chi connectivity index (χ4v) is 3.69. The molecule has 0 aromatic heterocycles. The van der Waals surface area contributed by atoms with Crippen LogP contribution in [0.1, 0.15) is 46.5 Å². The van der Waals surface area contributed by atoms with Crippen LogP contribution < -0.4 is 5.32 Å². The topological polar surface area (TPSA) is 57.1 Å². The van der Waals surface area contributed by atoms with Crippen LogP contribution in [0.25, 0.3) is 0 Å². The van der Waals surface area contributed by atoms with E-state index in [1.165, 1.54) is 25.7 Å². The van der Waals surface area contributed by atoms with Crippen molar-refractivity contribution in [1.82, 2.24) is 10.2 Å². The molecule has 2 N–H and O–H groups in total. The Kier molecular flexibility index (Phi) is 10.5. The van der Waals surface area contributed by atoms with Gasteiger partial charge < -0.3 is 20.1 Å². The number of aliphatic hydroxyl groups excluding tert-OH is 1.